The average molecular weight is 347 g/mol. The van der Waals surface area contributed by atoms with E-state index in [4.69, 9.17) is 0 Å². The molecule has 2 rings (SSSR count). The Morgan fingerprint density at radius 1 is 1.29 bits per heavy atom. The van der Waals surface area contributed by atoms with E-state index in [9.17, 15) is 13.6 Å². The monoisotopic (exact) mass is 347 g/mol. The fourth-order valence-corrected chi connectivity index (χ4v) is 3.96. The lowest BCUT2D eigenvalue weighted by Crippen LogP contribution is -2.23. The van der Waals surface area contributed by atoms with Crippen LogP contribution in [-0.2, 0) is 4.79 Å². The number of amides is 1. The quantitative estimate of drug-likeness (QED) is 0.837. The molecule has 1 atom stereocenters. The van der Waals surface area contributed by atoms with Crippen LogP contribution in [0.2, 0.25) is 0 Å². The maximum Gasteiger partial charge on any atom is 0.237 e. The molecule has 0 spiro atoms. The SMILES string of the molecule is CSc1nnc(S[C@H](C)C(=O)Nc2c(F)cccc2F)s1. The van der Waals surface area contributed by atoms with Crippen LogP contribution in [0.5, 0.6) is 0 Å². The molecule has 0 bridgehead atoms. The van der Waals surface area contributed by atoms with Gasteiger partial charge in [0.25, 0.3) is 0 Å². The van der Waals surface area contributed by atoms with Gasteiger partial charge in [0, 0.05) is 0 Å². The summed E-state index contributed by atoms with van der Waals surface area (Å²) in [5.74, 6) is -2.10. The first-order chi connectivity index (χ1) is 10.0. The van der Waals surface area contributed by atoms with Crippen molar-refractivity contribution in [2.45, 2.75) is 20.9 Å². The largest absolute Gasteiger partial charge is 0.320 e. The maximum atomic E-state index is 13.5. The fourth-order valence-electron chi connectivity index (χ4n) is 1.37. The van der Waals surface area contributed by atoms with Crippen LogP contribution in [0, 0.1) is 11.6 Å². The normalized spacial score (nSPS) is 12.2. The summed E-state index contributed by atoms with van der Waals surface area (Å²) in [4.78, 5) is 12.0. The molecule has 9 heteroatoms. The van der Waals surface area contributed by atoms with Crippen molar-refractivity contribution in [3.05, 3.63) is 29.8 Å². The lowest BCUT2D eigenvalue weighted by Gasteiger charge is -2.11. The summed E-state index contributed by atoms with van der Waals surface area (Å²) in [6, 6.07) is 3.42. The number of rotatable bonds is 5. The predicted molar refractivity (Wildman–Crippen MR) is 82.0 cm³/mol. The molecule has 21 heavy (non-hydrogen) atoms. The standard InChI is InChI=1S/C12H11F2N3OS3/c1-6(20-12-17-16-11(19-2)21-12)10(18)15-9-7(13)4-3-5-8(9)14/h3-6H,1-2H3,(H,15,18)/t6-/m1/s1. The number of hydrogen-bond acceptors (Lipinski definition) is 6. The van der Waals surface area contributed by atoms with E-state index in [0.717, 1.165) is 16.5 Å². The second kappa shape index (κ2) is 7.19. The Kier molecular flexibility index (Phi) is 5.54. The van der Waals surface area contributed by atoms with E-state index in [1.807, 2.05) is 6.26 Å². The van der Waals surface area contributed by atoms with Crippen LogP contribution < -0.4 is 5.32 Å². The third-order valence-corrected chi connectivity index (χ3v) is 5.50. The van der Waals surface area contributed by atoms with E-state index in [0.29, 0.717) is 4.34 Å². The van der Waals surface area contributed by atoms with Crippen LogP contribution >= 0.6 is 34.9 Å². The second-order valence-electron chi connectivity index (χ2n) is 3.88. The molecular formula is C12H11F2N3OS3. The lowest BCUT2D eigenvalue weighted by molar-refractivity contribution is -0.115. The van der Waals surface area contributed by atoms with Crippen molar-refractivity contribution in [2.75, 3.05) is 11.6 Å². The van der Waals surface area contributed by atoms with Gasteiger partial charge < -0.3 is 5.32 Å². The molecule has 2 aromatic rings. The molecule has 1 N–H and O–H groups in total. The lowest BCUT2D eigenvalue weighted by atomic mass is 10.3. The van der Waals surface area contributed by atoms with Crippen molar-refractivity contribution in [1.29, 1.82) is 0 Å². The molecule has 1 amide bonds. The number of halogens is 2. The van der Waals surface area contributed by atoms with E-state index in [1.165, 1.54) is 40.9 Å². The molecule has 0 aliphatic carbocycles. The molecule has 0 radical (unpaired) electrons. The number of thioether (sulfide) groups is 2. The Morgan fingerprint density at radius 3 is 2.48 bits per heavy atom. The minimum Gasteiger partial charge on any atom is -0.320 e. The van der Waals surface area contributed by atoms with Crippen molar-refractivity contribution in [3.8, 4) is 0 Å². The summed E-state index contributed by atoms with van der Waals surface area (Å²) < 4.78 is 28.4. The van der Waals surface area contributed by atoms with Gasteiger partial charge in [-0.1, -0.05) is 40.9 Å². The summed E-state index contributed by atoms with van der Waals surface area (Å²) in [6.45, 7) is 1.64. The number of benzene rings is 1. The van der Waals surface area contributed by atoms with Crippen molar-refractivity contribution in [2.24, 2.45) is 0 Å². The molecule has 1 aromatic carbocycles. The minimum atomic E-state index is -0.805. The highest BCUT2D eigenvalue weighted by Crippen LogP contribution is 2.30. The van der Waals surface area contributed by atoms with Crippen molar-refractivity contribution in [1.82, 2.24) is 10.2 Å². The molecule has 112 valence electrons. The van der Waals surface area contributed by atoms with Gasteiger partial charge in [-0.15, -0.1) is 10.2 Å². The zero-order valence-electron chi connectivity index (χ0n) is 11.1. The summed E-state index contributed by atoms with van der Waals surface area (Å²) >= 11 is 4.02. The molecule has 0 aliphatic heterocycles. The summed E-state index contributed by atoms with van der Waals surface area (Å²) in [6.07, 6.45) is 1.88. The Hall–Kier alpha value is -1.19. The minimum absolute atomic E-state index is 0.433. The number of aromatic nitrogens is 2. The van der Waals surface area contributed by atoms with Crippen molar-refractivity contribution in [3.63, 3.8) is 0 Å². The Morgan fingerprint density at radius 2 is 1.90 bits per heavy atom. The predicted octanol–water partition coefficient (Wildman–Crippen LogP) is 3.66. The van der Waals surface area contributed by atoms with Crippen LogP contribution in [-0.4, -0.2) is 27.6 Å². The Balaban J connectivity index is 2.02. The summed E-state index contributed by atoms with van der Waals surface area (Å²) in [5, 5.41) is 9.56. The van der Waals surface area contributed by atoms with E-state index in [-0.39, 0.29) is 0 Å². The third kappa shape index (κ3) is 4.14. The number of nitrogens with one attached hydrogen (secondary N) is 1. The molecule has 1 heterocycles. The molecule has 4 nitrogen and oxygen atoms in total. The van der Waals surface area contributed by atoms with Crippen LogP contribution in [0.4, 0.5) is 14.5 Å². The van der Waals surface area contributed by atoms with Crippen molar-refractivity contribution < 1.29 is 13.6 Å². The zero-order chi connectivity index (χ0) is 15.4. The van der Waals surface area contributed by atoms with E-state index in [1.54, 1.807) is 6.92 Å². The average Bonchev–Trinajstić information content (AvgIpc) is 2.90. The topological polar surface area (TPSA) is 54.9 Å². The van der Waals surface area contributed by atoms with E-state index >= 15 is 0 Å². The summed E-state index contributed by atoms with van der Waals surface area (Å²) in [5.41, 5.74) is -0.433. The number of nitrogens with zero attached hydrogens (tertiary/aromatic N) is 2. The number of carbonyl (C=O) groups excluding carboxylic acids is 1. The molecular weight excluding hydrogens is 336 g/mol. The molecule has 0 saturated carbocycles. The first-order valence-corrected chi connectivity index (χ1v) is 8.72. The van der Waals surface area contributed by atoms with Gasteiger partial charge >= 0.3 is 0 Å². The number of hydrogen-bond donors (Lipinski definition) is 1. The van der Waals surface area contributed by atoms with Gasteiger partial charge in [-0.05, 0) is 25.3 Å². The van der Waals surface area contributed by atoms with Gasteiger partial charge in [0.15, 0.2) is 8.68 Å². The highest BCUT2D eigenvalue weighted by molar-refractivity contribution is 8.03. The zero-order valence-corrected chi connectivity index (χ0v) is 13.5. The smallest absolute Gasteiger partial charge is 0.237 e. The highest BCUT2D eigenvalue weighted by Gasteiger charge is 2.20. The number of para-hydroxylation sites is 1. The molecule has 0 saturated heterocycles. The maximum absolute atomic E-state index is 13.5. The molecule has 0 unspecified atom stereocenters. The Labute approximate surface area is 132 Å². The first-order valence-electron chi connectivity index (χ1n) is 5.80. The van der Waals surface area contributed by atoms with E-state index in [2.05, 4.69) is 15.5 Å². The fraction of sp³-hybridized carbons (Fsp3) is 0.250. The number of carbonyl (C=O) groups is 1. The van der Waals surface area contributed by atoms with Gasteiger partial charge in [-0.2, -0.15) is 0 Å². The van der Waals surface area contributed by atoms with Crippen LogP contribution in [0.1, 0.15) is 6.92 Å². The highest BCUT2D eigenvalue weighted by atomic mass is 32.2. The van der Waals surface area contributed by atoms with E-state index < -0.39 is 28.5 Å². The Bertz CT molecular complexity index is 630. The molecule has 0 aliphatic rings. The third-order valence-electron chi connectivity index (χ3n) is 2.42. The van der Waals surface area contributed by atoms with Crippen molar-refractivity contribution >= 4 is 46.5 Å². The number of anilines is 1. The van der Waals surface area contributed by atoms with Gasteiger partial charge in [-0.3, -0.25) is 4.79 Å². The molecule has 0 fully saturated rings. The first kappa shape index (κ1) is 16.2. The van der Waals surface area contributed by atoms with Crippen LogP contribution in [0.25, 0.3) is 0 Å². The van der Waals surface area contributed by atoms with Gasteiger partial charge in [0.2, 0.25) is 5.91 Å². The summed E-state index contributed by atoms with van der Waals surface area (Å²) in [7, 11) is 0. The van der Waals surface area contributed by atoms with Gasteiger partial charge in [0.1, 0.15) is 17.3 Å². The van der Waals surface area contributed by atoms with Crippen LogP contribution in [0.15, 0.2) is 26.9 Å². The second-order valence-corrected chi connectivity index (χ2v) is 7.50. The molecule has 1 aromatic heterocycles. The van der Waals surface area contributed by atoms with Gasteiger partial charge in [-0.25, -0.2) is 8.78 Å². The van der Waals surface area contributed by atoms with Gasteiger partial charge in [0.05, 0.1) is 5.25 Å². The van der Waals surface area contributed by atoms with Crippen LogP contribution in [0.3, 0.4) is 0 Å².